The summed E-state index contributed by atoms with van der Waals surface area (Å²) in [6.45, 7) is 4.66. The van der Waals surface area contributed by atoms with Gasteiger partial charge in [-0.2, -0.15) is 0 Å². The van der Waals surface area contributed by atoms with Gasteiger partial charge in [0.15, 0.2) is 0 Å². The van der Waals surface area contributed by atoms with Crippen LogP contribution in [-0.4, -0.2) is 19.3 Å². The lowest BCUT2D eigenvalue weighted by Crippen LogP contribution is -2.16. The second-order valence-electron chi connectivity index (χ2n) is 5.13. The highest BCUT2D eigenvalue weighted by atomic mass is 16.5. The zero-order valence-corrected chi connectivity index (χ0v) is 12.5. The van der Waals surface area contributed by atoms with Crippen LogP contribution in [0.2, 0.25) is 0 Å². The predicted octanol–water partition coefficient (Wildman–Crippen LogP) is 3.65. The fraction of sp³-hybridized carbons (Fsp3) is 0.294. The fourth-order valence-corrected chi connectivity index (χ4v) is 2.34. The molecule has 20 heavy (non-hydrogen) atoms. The van der Waals surface area contributed by atoms with Crippen LogP contribution in [0, 0.1) is 13.8 Å². The Morgan fingerprint density at radius 1 is 1.05 bits per heavy atom. The lowest BCUT2D eigenvalue weighted by Gasteiger charge is -2.20. The Hall–Kier alpha value is -2.16. The quantitative estimate of drug-likeness (QED) is 0.921. The summed E-state index contributed by atoms with van der Waals surface area (Å²) in [6.07, 6.45) is 0. The molecule has 0 atom stereocenters. The van der Waals surface area contributed by atoms with Crippen LogP contribution in [0.1, 0.15) is 16.7 Å². The van der Waals surface area contributed by atoms with Gasteiger partial charge in [0.1, 0.15) is 11.5 Å². The number of rotatable bonds is 4. The van der Waals surface area contributed by atoms with Crippen molar-refractivity contribution in [2.75, 3.05) is 19.1 Å². The third kappa shape index (κ3) is 3.05. The molecule has 0 spiro atoms. The van der Waals surface area contributed by atoms with Crippen LogP contribution in [-0.2, 0) is 6.54 Å². The van der Waals surface area contributed by atoms with Crippen molar-refractivity contribution in [3.05, 3.63) is 53.1 Å². The van der Waals surface area contributed by atoms with Crippen LogP contribution < -0.4 is 9.64 Å². The molecule has 0 aliphatic heterocycles. The molecule has 0 fully saturated rings. The first-order chi connectivity index (χ1) is 9.51. The molecule has 2 aromatic carbocycles. The van der Waals surface area contributed by atoms with Crippen LogP contribution in [0.3, 0.4) is 0 Å². The molecule has 2 rings (SSSR count). The second-order valence-corrected chi connectivity index (χ2v) is 5.13. The molecule has 0 aliphatic carbocycles. The van der Waals surface area contributed by atoms with Crippen molar-refractivity contribution in [2.24, 2.45) is 0 Å². The highest BCUT2D eigenvalue weighted by molar-refractivity contribution is 5.50. The van der Waals surface area contributed by atoms with Crippen LogP contribution in [0.25, 0.3) is 0 Å². The monoisotopic (exact) mass is 271 g/mol. The van der Waals surface area contributed by atoms with Gasteiger partial charge in [0.2, 0.25) is 0 Å². The molecule has 0 saturated carbocycles. The Kier molecular flexibility index (Phi) is 4.18. The van der Waals surface area contributed by atoms with Gasteiger partial charge in [-0.15, -0.1) is 0 Å². The summed E-state index contributed by atoms with van der Waals surface area (Å²) in [7, 11) is 3.72. The van der Waals surface area contributed by atoms with Gasteiger partial charge in [-0.3, -0.25) is 0 Å². The van der Waals surface area contributed by atoms with Crippen molar-refractivity contribution >= 4 is 5.69 Å². The average molecular weight is 271 g/mol. The maximum absolute atomic E-state index is 9.81. The summed E-state index contributed by atoms with van der Waals surface area (Å²) in [4.78, 5) is 2.17. The third-order valence-corrected chi connectivity index (χ3v) is 3.48. The number of phenols is 1. The van der Waals surface area contributed by atoms with Crippen molar-refractivity contribution in [1.29, 1.82) is 0 Å². The normalized spacial score (nSPS) is 10.4. The van der Waals surface area contributed by atoms with E-state index in [1.807, 2.05) is 50.2 Å². The third-order valence-electron chi connectivity index (χ3n) is 3.48. The van der Waals surface area contributed by atoms with Crippen molar-refractivity contribution in [2.45, 2.75) is 20.4 Å². The van der Waals surface area contributed by atoms with E-state index in [-0.39, 0.29) is 0 Å². The minimum atomic E-state index is 0.390. The Labute approximate surface area is 120 Å². The summed E-state index contributed by atoms with van der Waals surface area (Å²) in [5.41, 5.74) is 4.16. The first kappa shape index (κ1) is 14.3. The second kappa shape index (κ2) is 5.87. The van der Waals surface area contributed by atoms with E-state index in [0.717, 1.165) is 29.1 Å². The number of methoxy groups -OCH3 is 1. The average Bonchev–Trinajstić information content (AvgIpc) is 2.44. The van der Waals surface area contributed by atoms with E-state index >= 15 is 0 Å². The molecule has 0 aliphatic rings. The van der Waals surface area contributed by atoms with Crippen LogP contribution in [0.4, 0.5) is 5.69 Å². The zero-order valence-electron chi connectivity index (χ0n) is 12.5. The fourth-order valence-electron chi connectivity index (χ4n) is 2.34. The SMILES string of the molecule is COc1ccc(N(C)Cc2cc(C)c(O)c(C)c2)cc1. The highest BCUT2D eigenvalue weighted by Gasteiger charge is 2.07. The Morgan fingerprint density at radius 2 is 1.60 bits per heavy atom. The number of hydrogen-bond donors (Lipinski definition) is 1. The summed E-state index contributed by atoms with van der Waals surface area (Å²) in [6, 6.07) is 12.1. The van der Waals surface area contributed by atoms with Gasteiger partial charge in [0.05, 0.1) is 7.11 Å². The molecule has 0 radical (unpaired) electrons. The number of nitrogens with zero attached hydrogens (tertiary/aromatic N) is 1. The summed E-state index contributed by atoms with van der Waals surface area (Å²) in [5, 5.41) is 9.81. The van der Waals surface area contributed by atoms with Gasteiger partial charge in [-0.25, -0.2) is 0 Å². The van der Waals surface area contributed by atoms with Gasteiger partial charge in [0, 0.05) is 19.3 Å². The molecule has 0 unspecified atom stereocenters. The lowest BCUT2D eigenvalue weighted by atomic mass is 10.1. The molecule has 0 bridgehead atoms. The number of aryl methyl sites for hydroxylation is 2. The predicted molar refractivity (Wildman–Crippen MR) is 82.7 cm³/mol. The minimum absolute atomic E-state index is 0.390. The molecule has 2 aromatic rings. The topological polar surface area (TPSA) is 32.7 Å². The zero-order chi connectivity index (χ0) is 14.7. The van der Waals surface area contributed by atoms with Crippen molar-refractivity contribution < 1.29 is 9.84 Å². The summed E-state index contributed by atoms with van der Waals surface area (Å²) in [5.74, 6) is 1.25. The molecule has 0 amide bonds. The van der Waals surface area contributed by atoms with E-state index in [1.165, 1.54) is 5.56 Å². The number of anilines is 1. The van der Waals surface area contributed by atoms with Gasteiger partial charge in [0.25, 0.3) is 0 Å². The van der Waals surface area contributed by atoms with Gasteiger partial charge in [-0.05, 0) is 54.8 Å². The first-order valence-electron chi connectivity index (χ1n) is 6.65. The van der Waals surface area contributed by atoms with E-state index in [2.05, 4.69) is 11.9 Å². The molecule has 0 saturated heterocycles. The number of hydrogen-bond acceptors (Lipinski definition) is 3. The number of aromatic hydroxyl groups is 1. The highest BCUT2D eigenvalue weighted by Crippen LogP contribution is 2.25. The molecule has 3 nitrogen and oxygen atoms in total. The van der Waals surface area contributed by atoms with E-state index in [1.54, 1.807) is 7.11 Å². The Balaban J connectivity index is 2.16. The van der Waals surface area contributed by atoms with Crippen molar-refractivity contribution in [3.8, 4) is 11.5 Å². The molecule has 0 heterocycles. The van der Waals surface area contributed by atoms with Gasteiger partial charge < -0.3 is 14.7 Å². The molecular formula is C17H21NO2. The van der Waals surface area contributed by atoms with E-state index in [9.17, 15) is 5.11 Å². The van der Waals surface area contributed by atoms with E-state index in [0.29, 0.717) is 5.75 Å². The van der Waals surface area contributed by atoms with E-state index in [4.69, 9.17) is 4.74 Å². The summed E-state index contributed by atoms with van der Waals surface area (Å²) < 4.78 is 5.17. The number of benzene rings is 2. The van der Waals surface area contributed by atoms with Crippen molar-refractivity contribution in [1.82, 2.24) is 0 Å². The van der Waals surface area contributed by atoms with Gasteiger partial charge >= 0.3 is 0 Å². The van der Waals surface area contributed by atoms with Crippen LogP contribution in [0.15, 0.2) is 36.4 Å². The van der Waals surface area contributed by atoms with Gasteiger partial charge in [-0.1, -0.05) is 12.1 Å². The number of phenolic OH excluding ortho intramolecular Hbond substituents is 1. The Bertz CT molecular complexity index is 567. The van der Waals surface area contributed by atoms with Crippen molar-refractivity contribution in [3.63, 3.8) is 0 Å². The maximum Gasteiger partial charge on any atom is 0.121 e. The molecular weight excluding hydrogens is 250 g/mol. The maximum atomic E-state index is 9.81. The number of ether oxygens (including phenoxy) is 1. The Morgan fingerprint density at radius 3 is 2.10 bits per heavy atom. The standard InChI is InChI=1S/C17H21NO2/c1-12-9-14(10-13(2)17(12)19)11-18(3)15-5-7-16(20-4)8-6-15/h5-10,19H,11H2,1-4H3. The summed E-state index contributed by atoms with van der Waals surface area (Å²) >= 11 is 0. The minimum Gasteiger partial charge on any atom is -0.507 e. The molecule has 106 valence electrons. The lowest BCUT2D eigenvalue weighted by molar-refractivity contribution is 0.415. The van der Waals surface area contributed by atoms with Crippen LogP contribution in [0.5, 0.6) is 11.5 Å². The molecule has 1 N–H and O–H groups in total. The molecule has 3 heteroatoms. The van der Waals surface area contributed by atoms with E-state index < -0.39 is 0 Å². The first-order valence-corrected chi connectivity index (χ1v) is 6.65. The van der Waals surface area contributed by atoms with Crippen LogP contribution >= 0.6 is 0 Å². The smallest absolute Gasteiger partial charge is 0.121 e. The largest absolute Gasteiger partial charge is 0.507 e. The molecule has 0 aromatic heterocycles.